The first kappa shape index (κ1) is 22.6. The molecule has 3 heterocycles. The quantitative estimate of drug-likeness (QED) is 0.590. The molecule has 2 aromatic carbocycles. The fraction of sp³-hybridized carbons (Fsp3) is 0.423. The third kappa shape index (κ3) is 4.43. The van der Waals surface area contributed by atoms with Crippen LogP contribution in [0.15, 0.2) is 54.6 Å². The largest absolute Gasteiger partial charge is 0.353 e. The minimum atomic E-state index is -0.215. The summed E-state index contributed by atoms with van der Waals surface area (Å²) in [5.74, 6) is 1.04. The van der Waals surface area contributed by atoms with E-state index >= 15 is 0 Å². The van der Waals surface area contributed by atoms with Crippen LogP contribution in [-0.2, 0) is 23.2 Å². The van der Waals surface area contributed by atoms with Crippen molar-refractivity contribution in [2.24, 2.45) is 7.05 Å². The van der Waals surface area contributed by atoms with Gasteiger partial charge in [0.2, 0.25) is 11.8 Å². The van der Waals surface area contributed by atoms with Gasteiger partial charge in [-0.2, -0.15) is 0 Å². The Labute approximate surface area is 199 Å². The first-order chi connectivity index (χ1) is 16.5. The highest BCUT2D eigenvalue weighted by Crippen LogP contribution is 2.29. The number of benzene rings is 2. The van der Waals surface area contributed by atoms with Crippen molar-refractivity contribution < 1.29 is 9.59 Å². The predicted molar refractivity (Wildman–Crippen MR) is 132 cm³/mol. The molecule has 34 heavy (non-hydrogen) atoms. The van der Waals surface area contributed by atoms with E-state index in [9.17, 15) is 9.59 Å². The summed E-state index contributed by atoms with van der Waals surface area (Å²) in [5.41, 5.74) is 2.89. The van der Waals surface area contributed by atoms with Gasteiger partial charge in [0.15, 0.2) is 0 Å². The number of aromatic nitrogens is 2. The number of likely N-dealkylation sites (tertiary alicyclic amines) is 1. The van der Waals surface area contributed by atoms with Gasteiger partial charge in [-0.25, -0.2) is 4.98 Å². The molecule has 0 bridgehead atoms. The first-order valence-corrected chi connectivity index (χ1v) is 12.0. The van der Waals surface area contributed by atoms with Crippen LogP contribution in [0.3, 0.4) is 0 Å². The van der Waals surface area contributed by atoms with Gasteiger partial charge >= 0.3 is 0 Å². The van der Waals surface area contributed by atoms with Crippen LogP contribution in [0.25, 0.3) is 11.0 Å². The third-order valence-corrected chi connectivity index (χ3v) is 7.34. The van der Waals surface area contributed by atoms with E-state index in [1.807, 2.05) is 55.6 Å². The van der Waals surface area contributed by atoms with Crippen molar-refractivity contribution in [3.8, 4) is 0 Å². The maximum Gasteiger partial charge on any atom is 0.239 e. The Balaban J connectivity index is 1.24. The monoisotopic (exact) mass is 460 g/mol. The number of rotatable bonds is 6. The fourth-order valence-corrected chi connectivity index (χ4v) is 5.39. The van der Waals surface area contributed by atoms with Crippen LogP contribution in [0, 0.1) is 0 Å². The molecule has 2 amide bonds. The van der Waals surface area contributed by atoms with Crippen LogP contribution in [0.5, 0.6) is 0 Å². The van der Waals surface area contributed by atoms with Crippen molar-refractivity contribution in [3.05, 3.63) is 60.4 Å². The highest BCUT2D eigenvalue weighted by molar-refractivity contribution is 5.90. The van der Waals surface area contributed by atoms with Crippen LogP contribution in [0.4, 0.5) is 5.69 Å². The molecule has 0 aliphatic carbocycles. The van der Waals surface area contributed by atoms with Crippen molar-refractivity contribution in [2.45, 2.75) is 43.9 Å². The summed E-state index contributed by atoms with van der Waals surface area (Å²) in [6.45, 7) is 2.04. The Morgan fingerprint density at radius 3 is 2.68 bits per heavy atom. The van der Waals surface area contributed by atoms with Crippen molar-refractivity contribution in [1.29, 1.82) is 0 Å². The average Bonchev–Trinajstić information content (AvgIpc) is 3.37. The second kappa shape index (κ2) is 9.56. The Hall–Kier alpha value is -3.23. The van der Waals surface area contributed by atoms with E-state index in [1.165, 1.54) is 0 Å². The first-order valence-electron chi connectivity index (χ1n) is 12.0. The number of likely N-dealkylation sites (N-methyl/N-ethyl adjacent to an activating group) is 1. The smallest absolute Gasteiger partial charge is 0.239 e. The van der Waals surface area contributed by atoms with Crippen molar-refractivity contribution in [2.75, 3.05) is 25.5 Å². The number of para-hydroxylation sites is 3. The molecule has 3 atom stereocenters. The average molecular weight is 461 g/mol. The van der Waals surface area contributed by atoms with Crippen molar-refractivity contribution >= 4 is 28.5 Å². The van der Waals surface area contributed by atoms with Crippen LogP contribution in [-0.4, -0.2) is 69.4 Å². The molecule has 2 aliphatic rings. The number of nitrogens with one attached hydrogen (secondary N) is 2. The van der Waals surface area contributed by atoms with E-state index in [0.29, 0.717) is 25.9 Å². The topological polar surface area (TPSA) is 82.5 Å². The summed E-state index contributed by atoms with van der Waals surface area (Å²) in [4.78, 5) is 35.0. The Bertz CT molecular complexity index is 1180. The van der Waals surface area contributed by atoms with Gasteiger partial charge in [0.05, 0.1) is 17.6 Å². The number of hydrogen-bond acceptors (Lipinski definition) is 5. The standard InChI is InChI=1S/C26H32N6O2/c1-30-19(12-13-24(33)28-18-8-4-3-5-9-18)16-27-26(34)25-22(30)14-15-32(25)17-23-29-20-10-6-7-11-21(20)31(23)2/h3-11,19,22,25H,12-17H2,1-2H3,(H,27,34)(H,28,33). The molecule has 0 saturated carbocycles. The maximum absolute atomic E-state index is 13.1. The molecule has 2 fully saturated rings. The second-order valence-corrected chi connectivity index (χ2v) is 9.36. The number of fused-ring (bicyclic) bond motifs is 2. The van der Waals surface area contributed by atoms with Gasteiger partial charge in [-0.1, -0.05) is 30.3 Å². The van der Waals surface area contributed by atoms with Gasteiger partial charge in [-0.05, 0) is 44.2 Å². The van der Waals surface area contributed by atoms with Crippen molar-refractivity contribution in [1.82, 2.24) is 24.7 Å². The lowest BCUT2D eigenvalue weighted by Gasteiger charge is -2.33. The van der Waals surface area contributed by atoms with E-state index < -0.39 is 0 Å². The highest BCUT2D eigenvalue weighted by atomic mass is 16.2. The molecule has 2 N–H and O–H groups in total. The maximum atomic E-state index is 13.1. The summed E-state index contributed by atoms with van der Waals surface area (Å²) in [7, 11) is 4.13. The van der Waals surface area contributed by atoms with E-state index in [0.717, 1.165) is 35.5 Å². The number of carbonyl (C=O) groups is 2. The zero-order chi connectivity index (χ0) is 23.7. The molecule has 178 valence electrons. The molecular weight excluding hydrogens is 428 g/mol. The summed E-state index contributed by atoms with van der Waals surface area (Å²) < 4.78 is 2.12. The Kier molecular flexibility index (Phi) is 6.34. The van der Waals surface area contributed by atoms with Gasteiger partial charge in [-0.15, -0.1) is 0 Å². The van der Waals surface area contributed by atoms with Gasteiger partial charge in [0, 0.05) is 44.3 Å². The van der Waals surface area contributed by atoms with E-state index in [4.69, 9.17) is 4.98 Å². The van der Waals surface area contributed by atoms with Crippen LogP contribution < -0.4 is 10.6 Å². The molecule has 3 aromatic rings. The Morgan fingerprint density at radius 1 is 1.12 bits per heavy atom. The zero-order valence-corrected chi connectivity index (χ0v) is 19.8. The molecule has 0 radical (unpaired) electrons. The molecule has 3 unspecified atom stereocenters. The summed E-state index contributed by atoms with van der Waals surface area (Å²) in [6.07, 6.45) is 2.04. The van der Waals surface area contributed by atoms with Crippen LogP contribution in [0.1, 0.15) is 25.1 Å². The zero-order valence-electron chi connectivity index (χ0n) is 19.8. The van der Waals surface area contributed by atoms with Crippen LogP contribution in [0.2, 0.25) is 0 Å². The fourth-order valence-electron chi connectivity index (χ4n) is 5.39. The molecule has 8 heteroatoms. The highest BCUT2D eigenvalue weighted by Gasteiger charge is 2.45. The number of nitrogens with zero attached hydrogens (tertiary/aromatic N) is 4. The molecule has 2 aliphatic heterocycles. The number of anilines is 1. The van der Waals surface area contributed by atoms with Crippen molar-refractivity contribution in [3.63, 3.8) is 0 Å². The SMILES string of the molecule is CN1C(CCC(=O)Nc2ccccc2)CNC(=O)C2C1CCN2Cc1nc2ccccc2n1C. The molecule has 5 rings (SSSR count). The normalized spacial score (nSPS) is 23.5. The number of carbonyl (C=O) groups excluding carboxylic acids is 2. The van der Waals surface area contributed by atoms with Gasteiger partial charge in [0.1, 0.15) is 11.9 Å². The number of amides is 2. The van der Waals surface area contributed by atoms with Gasteiger partial charge in [-0.3, -0.25) is 19.4 Å². The number of hydrogen-bond donors (Lipinski definition) is 2. The van der Waals surface area contributed by atoms with Gasteiger partial charge < -0.3 is 15.2 Å². The molecule has 2 saturated heterocycles. The second-order valence-electron chi connectivity index (χ2n) is 9.36. The molecule has 8 nitrogen and oxygen atoms in total. The lowest BCUT2D eigenvalue weighted by molar-refractivity contribution is -0.126. The Morgan fingerprint density at radius 2 is 1.88 bits per heavy atom. The predicted octanol–water partition coefficient (Wildman–Crippen LogP) is 2.37. The molecular formula is C26H32N6O2. The van der Waals surface area contributed by atoms with Crippen LogP contribution >= 0.6 is 0 Å². The van der Waals surface area contributed by atoms with Gasteiger partial charge in [0.25, 0.3) is 0 Å². The summed E-state index contributed by atoms with van der Waals surface area (Å²) in [6, 6.07) is 17.7. The minimum Gasteiger partial charge on any atom is -0.353 e. The molecule has 0 spiro atoms. The van der Waals surface area contributed by atoms with E-state index in [-0.39, 0.29) is 29.9 Å². The molecule has 1 aromatic heterocycles. The lowest BCUT2D eigenvalue weighted by atomic mass is 10.0. The minimum absolute atomic E-state index is 0.00150. The lowest BCUT2D eigenvalue weighted by Crippen LogP contribution is -2.49. The third-order valence-electron chi connectivity index (χ3n) is 7.34. The number of aryl methyl sites for hydroxylation is 1. The summed E-state index contributed by atoms with van der Waals surface area (Å²) in [5, 5.41) is 6.10. The van der Waals surface area contributed by atoms with E-state index in [2.05, 4.69) is 38.1 Å². The number of imidazole rings is 1. The summed E-state index contributed by atoms with van der Waals surface area (Å²) >= 11 is 0. The van der Waals surface area contributed by atoms with E-state index in [1.54, 1.807) is 0 Å².